The average Bonchev–Trinajstić information content (AvgIpc) is 2.45. The van der Waals surface area contributed by atoms with E-state index in [2.05, 4.69) is 10.6 Å². The van der Waals surface area contributed by atoms with Crippen molar-refractivity contribution >= 4 is 5.91 Å². The van der Waals surface area contributed by atoms with Gasteiger partial charge in [0.05, 0.1) is 12.2 Å². The Balaban J connectivity index is 1.58. The summed E-state index contributed by atoms with van der Waals surface area (Å²) in [7, 11) is 0. The Labute approximate surface area is 115 Å². The van der Waals surface area contributed by atoms with Crippen LogP contribution in [0.1, 0.15) is 38.5 Å². The van der Waals surface area contributed by atoms with Gasteiger partial charge in [-0.05, 0) is 38.8 Å². The van der Waals surface area contributed by atoms with E-state index in [1.165, 1.54) is 0 Å². The lowest BCUT2D eigenvalue weighted by atomic mass is 9.86. The standard InChI is InChI=1S/C14H26N2O3/c17-13-4-2-1-3-11(13)9-16-14(18)10-19-12-5-7-15-8-6-12/h11-13,15,17H,1-10H2,(H,16,18). The number of ether oxygens (including phenoxy) is 1. The van der Waals surface area contributed by atoms with Crippen LogP contribution in [0.2, 0.25) is 0 Å². The molecule has 110 valence electrons. The molecule has 19 heavy (non-hydrogen) atoms. The highest BCUT2D eigenvalue weighted by atomic mass is 16.5. The van der Waals surface area contributed by atoms with Gasteiger partial charge < -0.3 is 20.5 Å². The Morgan fingerprint density at radius 3 is 2.68 bits per heavy atom. The number of hydrogen-bond acceptors (Lipinski definition) is 4. The van der Waals surface area contributed by atoms with E-state index in [4.69, 9.17) is 4.74 Å². The van der Waals surface area contributed by atoms with Crippen LogP contribution < -0.4 is 10.6 Å². The average molecular weight is 270 g/mol. The number of carbonyl (C=O) groups excluding carboxylic acids is 1. The van der Waals surface area contributed by atoms with Gasteiger partial charge in [-0.1, -0.05) is 12.8 Å². The zero-order valence-corrected chi connectivity index (χ0v) is 11.6. The smallest absolute Gasteiger partial charge is 0.246 e. The summed E-state index contributed by atoms with van der Waals surface area (Å²) in [5.74, 6) is 0.160. The van der Waals surface area contributed by atoms with E-state index in [0.717, 1.165) is 51.6 Å². The molecule has 1 aliphatic carbocycles. The Hall–Kier alpha value is -0.650. The molecule has 0 aromatic carbocycles. The van der Waals surface area contributed by atoms with E-state index >= 15 is 0 Å². The second-order valence-corrected chi connectivity index (χ2v) is 5.68. The lowest BCUT2D eigenvalue weighted by Crippen LogP contribution is -2.39. The zero-order valence-electron chi connectivity index (χ0n) is 11.6. The molecule has 0 aromatic heterocycles. The molecular formula is C14H26N2O3. The van der Waals surface area contributed by atoms with Crippen molar-refractivity contribution in [2.75, 3.05) is 26.2 Å². The van der Waals surface area contributed by atoms with Gasteiger partial charge in [0, 0.05) is 12.5 Å². The van der Waals surface area contributed by atoms with E-state index in [-0.39, 0.29) is 30.6 Å². The van der Waals surface area contributed by atoms with E-state index in [1.807, 2.05) is 0 Å². The normalized spacial score (nSPS) is 29.1. The molecule has 0 spiro atoms. The monoisotopic (exact) mass is 270 g/mol. The maximum Gasteiger partial charge on any atom is 0.246 e. The lowest BCUT2D eigenvalue weighted by Gasteiger charge is -2.28. The fourth-order valence-corrected chi connectivity index (χ4v) is 2.88. The van der Waals surface area contributed by atoms with Crippen molar-refractivity contribution in [2.24, 2.45) is 5.92 Å². The van der Waals surface area contributed by atoms with Gasteiger partial charge in [0.2, 0.25) is 5.91 Å². The van der Waals surface area contributed by atoms with Crippen LogP contribution in [0.4, 0.5) is 0 Å². The fourth-order valence-electron chi connectivity index (χ4n) is 2.88. The van der Waals surface area contributed by atoms with Crippen molar-refractivity contribution in [3.05, 3.63) is 0 Å². The van der Waals surface area contributed by atoms with Gasteiger partial charge in [0.25, 0.3) is 0 Å². The number of piperidine rings is 1. The summed E-state index contributed by atoms with van der Waals surface area (Å²) < 4.78 is 5.60. The second-order valence-electron chi connectivity index (χ2n) is 5.68. The molecule has 1 saturated carbocycles. The van der Waals surface area contributed by atoms with Crippen LogP contribution in [0.5, 0.6) is 0 Å². The molecule has 3 N–H and O–H groups in total. The molecule has 5 nitrogen and oxygen atoms in total. The fraction of sp³-hybridized carbons (Fsp3) is 0.929. The Morgan fingerprint density at radius 1 is 1.21 bits per heavy atom. The first-order valence-electron chi connectivity index (χ1n) is 7.53. The van der Waals surface area contributed by atoms with Gasteiger partial charge >= 0.3 is 0 Å². The molecule has 0 aromatic rings. The van der Waals surface area contributed by atoms with Gasteiger partial charge in [0.15, 0.2) is 0 Å². The summed E-state index contributed by atoms with van der Waals surface area (Å²) in [5.41, 5.74) is 0. The third-order valence-corrected chi connectivity index (χ3v) is 4.17. The molecule has 2 unspecified atom stereocenters. The van der Waals surface area contributed by atoms with Crippen molar-refractivity contribution < 1.29 is 14.6 Å². The Kier molecular flexibility index (Phi) is 6.07. The number of nitrogens with one attached hydrogen (secondary N) is 2. The van der Waals surface area contributed by atoms with Crippen LogP contribution in [0.3, 0.4) is 0 Å². The maximum absolute atomic E-state index is 11.7. The third-order valence-electron chi connectivity index (χ3n) is 4.17. The predicted molar refractivity (Wildman–Crippen MR) is 72.8 cm³/mol. The first-order chi connectivity index (χ1) is 9.25. The lowest BCUT2D eigenvalue weighted by molar-refractivity contribution is -0.128. The quantitative estimate of drug-likeness (QED) is 0.677. The van der Waals surface area contributed by atoms with E-state index in [0.29, 0.717) is 6.54 Å². The van der Waals surface area contributed by atoms with Gasteiger partial charge in [-0.3, -0.25) is 4.79 Å². The molecule has 5 heteroatoms. The minimum Gasteiger partial charge on any atom is -0.393 e. The van der Waals surface area contributed by atoms with Crippen LogP contribution in [0, 0.1) is 5.92 Å². The van der Waals surface area contributed by atoms with Gasteiger partial charge in [0.1, 0.15) is 6.61 Å². The molecule has 1 amide bonds. The minimum atomic E-state index is -0.251. The van der Waals surface area contributed by atoms with Crippen molar-refractivity contribution in [1.82, 2.24) is 10.6 Å². The molecule has 1 aliphatic heterocycles. The molecule has 2 atom stereocenters. The van der Waals surface area contributed by atoms with Crippen LogP contribution >= 0.6 is 0 Å². The number of aliphatic hydroxyl groups excluding tert-OH is 1. The largest absolute Gasteiger partial charge is 0.393 e. The number of hydrogen-bond donors (Lipinski definition) is 3. The van der Waals surface area contributed by atoms with Gasteiger partial charge in [-0.2, -0.15) is 0 Å². The predicted octanol–water partition coefficient (Wildman–Crippen LogP) is 0.422. The van der Waals surface area contributed by atoms with Crippen LogP contribution in [0.25, 0.3) is 0 Å². The summed E-state index contributed by atoms with van der Waals surface area (Å²) in [5, 5.41) is 16.0. The zero-order chi connectivity index (χ0) is 13.5. The van der Waals surface area contributed by atoms with Crippen LogP contribution in [0.15, 0.2) is 0 Å². The van der Waals surface area contributed by atoms with Crippen molar-refractivity contribution in [1.29, 1.82) is 0 Å². The molecule has 1 saturated heterocycles. The van der Waals surface area contributed by atoms with Gasteiger partial charge in [-0.15, -0.1) is 0 Å². The Bertz CT molecular complexity index is 280. The molecule has 2 aliphatic rings. The van der Waals surface area contributed by atoms with E-state index in [9.17, 15) is 9.90 Å². The third kappa shape index (κ3) is 5.09. The molecule has 0 radical (unpaired) electrons. The molecule has 0 bridgehead atoms. The van der Waals surface area contributed by atoms with Crippen LogP contribution in [-0.2, 0) is 9.53 Å². The molecule has 2 rings (SSSR count). The highest BCUT2D eigenvalue weighted by molar-refractivity contribution is 5.77. The first-order valence-corrected chi connectivity index (χ1v) is 7.53. The van der Waals surface area contributed by atoms with Crippen LogP contribution in [-0.4, -0.2) is 49.5 Å². The van der Waals surface area contributed by atoms with Gasteiger partial charge in [-0.25, -0.2) is 0 Å². The highest BCUT2D eigenvalue weighted by Crippen LogP contribution is 2.23. The first kappa shape index (κ1) is 14.8. The second kappa shape index (κ2) is 7.82. The summed E-state index contributed by atoms with van der Waals surface area (Å²) >= 11 is 0. The van der Waals surface area contributed by atoms with Crippen molar-refractivity contribution in [3.8, 4) is 0 Å². The summed E-state index contributed by atoms with van der Waals surface area (Å²) in [6.45, 7) is 2.67. The number of aliphatic hydroxyl groups is 1. The summed E-state index contributed by atoms with van der Waals surface area (Å²) in [6.07, 6.45) is 6.06. The summed E-state index contributed by atoms with van der Waals surface area (Å²) in [6, 6.07) is 0. The SMILES string of the molecule is O=C(COC1CCNCC1)NCC1CCCCC1O. The molecular weight excluding hydrogens is 244 g/mol. The van der Waals surface area contributed by atoms with E-state index < -0.39 is 0 Å². The highest BCUT2D eigenvalue weighted by Gasteiger charge is 2.23. The maximum atomic E-state index is 11.7. The van der Waals surface area contributed by atoms with Crippen molar-refractivity contribution in [3.63, 3.8) is 0 Å². The number of amides is 1. The Morgan fingerprint density at radius 2 is 1.95 bits per heavy atom. The number of carbonyl (C=O) groups is 1. The molecule has 2 fully saturated rings. The molecule has 1 heterocycles. The number of rotatable bonds is 5. The van der Waals surface area contributed by atoms with Crippen molar-refractivity contribution in [2.45, 2.75) is 50.7 Å². The minimum absolute atomic E-state index is 0.0590. The summed E-state index contributed by atoms with van der Waals surface area (Å²) in [4.78, 5) is 11.7. The topological polar surface area (TPSA) is 70.6 Å². The van der Waals surface area contributed by atoms with E-state index in [1.54, 1.807) is 0 Å².